The van der Waals surface area contributed by atoms with Crippen molar-refractivity contribution in [2.45, 2.75) is 44.8 Å². The Labute approximate surface area is 236 Å². The van der Waals surface area contributed by atoms with Crippen LogP contribution in [0.25, 0.3) is 10.6 Å². The first-order valence-corrected chi connectivity index (χ1v) is 14.6. The van der Waals surface area contributed by atoms with Gasteiger partial charge in [0.15, 0.2) is 10.9 Å². The van der Waals surface area contributed by atoms with Gasteiger partial charge < -0.3 is 20.4 Å². The van der Waals surface area contributed by atoms with E-state index in [1.54, 1.807) is 29.7 Å². The van der Waals surface area contributed by atoms with E-state index in [2.05, 4.69) is 35.5 Å². The molecule has 13 heteroatoms. The number of piperazine rings is 1. The van der Waals surface area contributed by atoms with Crippen molar-refractivity contribution in [2.75, 3.05) is 22.1 Å². The van der Waals surface area contributed by atoms with Crippen LogP contribution in [0.1, 0.15) is 34.4 Å². The van der Waals surface area contributed by atoms with Crippen LogP contribution in [0.5, 0.6) is 0 Å². The molecule has 40 heavy (non-hydrogen) atoms. The number of amides is 2. The van der Waals surface area contributed by atoms with Gasteiger partial charge in [-0.25, -0.2) is 24.3 Å². The first kappa shape index (κ1) is 23.9. The first-order valence-electron chi connectivity index (χ1n) is 12.9. The second-order valence-electron chi connectivity index (χ2n) is 10.9. The number of likely N-dealkylation sites (tertiary alicyclic amines) is 1. The maximum absolute atomic E-state index is 13.9. The third-order valence-electron chi connectivity index (χ3n) is 8.60. The van der Waals surface area contributed by atoms with E-state index in [-0.39, 0.29) is 34.9 Å². The fraction of sp³-hybridized carbons (Fsp3) is 0.333. The molecule has 2 saturated heterocycles. The van der Waals surface area contributed by atoms with E-state index in [9.17, 15) is 14.0 Å². The van der Waals surface area contributed by atoms with Gasteiger partial charge in [0.05, 0.1) is 56.3 Å². The standard InChI is InChI=1S/C27H23FN8O2S2/c1-12-20(40-14(3)31-12)18-9-39-25(33-18)34-19-5-4-15(7-29-19)24(38)36-22-21-27(22)10-26(27,36)11-35(21)23-17(32-13(2)37)6-16(28)8-30-23/h4-9,21-22H,10-11H2,1-3H3,(H,32,37)(H,29,33,34)/t21?,22-,26?,27?/m0/s1. The molecule has 2 aliphatic heterocycles. The van der Waals surface area contributed by atoms with Crippen molar-refractivity contribution < 1.29 is 14.0 Å². The van der Waals surface area contributed by atoms with Crippen LogP contribution in [0.3, 0.4) is 0 Å². The summed E-state index contributed by atoms with van der Waals surface area (Å²) in [7, 11) is 0. The number of rotatable bonds is 6. The highest BCUT2D eigenvalue weighted by Crippen LogP contribution is 2.91. The number of pyridine rings is 2. The van der Waals surface area contributed by atoms with Gasteiger partial charge in [-0.15, -0.1) is 22.7 Å². The fourth-order valence-corrected chi connectivity index (χ4v) is 8.77. The Hall–Kier alpha value is -3.97. The van der Waals surface area contributed by atoms with Crippen LogP contribution in [-0.4, -0.2) is 60.8 Å². The highest BCUT2D eigenvalue weighted by molar-refractivity contribution is 7.16. The van der Waals surface area contributed by atoms with E-state index >= 15 is 0 Å². The Balaban J connectivity index is 0.969. The van der Waals surface area contributed by atoms with Crippen LogP contribution in [0.4, 0.5) is 26.8 Å². The maximum Gasteiger partial charge on any atom is 0.256 e. The number of carbonyl (C=O) groups is 2. The Bertz CT molecular complexity index is 1760. The molecular weight excluding hydrogens is 551 g/mol. The van der Waals surface area contributed by atoms with Crippen LogP contribution in [0.15, 0.2) is 36.0 Å². The zero-order valence-corrected chi connectivity index (χ0v) is 23.4. The topological polar surface area (TPSA) is 116 Å². The molecule has 2 saturated carbocycles. The summed E-state index contributed by atoms with van der Waals surface area (Å²) in [5.41, 5.74) is 2.63. The minimum atomic E-state index is -0.506. The summed E-state index contributed by atoms with van der Waals surface area (Å²) < 4.78 is 13.9. The average molecular weight is 575 g/mol. The Kier molecular flexibility index (Phi) is 4.67. The van der Waals surface area contributed by atoms with E-state index < -0.39 is 5.82 Å². The molecule has 0 bridgehead atoms. The molecule has 4 aliphatic rings. The van der Waals surface area contributed by atoms with Crippen molar-refractivity contribution in [3.63, 3.8) is 0 Å². The zero-order valence-electron chi connectivity index (χ0n) is 21.7. The number of nitrogens with one attached hydrogen (secondary N) is 2. The Morgan fingerprint density at radius 1 is 1.15 bits per heavy atom. The van der Waals surface area contributed by atoms with Gasteiger partial charge >= 0.3 is 0 Å². The molecule has 4 fully saturated rings. The normalized spacial score (nSPS) is 26.6. The summed E-state index contributed by atoms with van der Waals surface area (Å²) in [6.45, 7) is 5.97. The monoisotopic (exact) mass is 574 g/mol. The van der Waals surface area contributed by atoms with Gasteiger partial charge in [0.1, 0.15) is 11.6 Å². The van der Waals surface area contributed by atoms with Crippen LogP contribution < -0.4 is 15.5 Å². The van der Waals surface area contributed by atoms with E-state index in [0.717, 1.165) is 32.8 Å². The molecule has 2 N–H and O–H groups in total. The van der Waals surface area contributed by atoms with Crippen molar-refractivity contribution in [1.82, 2.24) is 24.8 Å². The number of piperidine rings is 3. The number of aromatic nitrogens is 4. The van der Waals surface area contributed by atoms with Crippen molar-refractivity contribution >= 4 is 56.9 Å². The number of aryl methyl sites for hydroxylation is 2. The lowest BCUT2D eigenvalue weighted by Gasteiger charge is -2.44. The molecule has 202 valence electrons. The van der Waals surface area contributed by atoms with Gasteiger partial charge in [-0.05, 0) is 32.4 Å². The number of hydrogen-bond acceptors (Lipinski definition) is 10. The minimum absolute atomic E-state index is 0.0268. The number of halogens is 1. The number of thiazole rings is 2. The zero-order chi connectivity index (χ0) is 27.6. The van der Waals surface area contributed by atoms with Crippen molar-refractivity contribution in [1.29, 1.82) is 0 Å². The molecular formula is C27H23FN8O2S2. The van der Waals surface area contributed by atoms with Gasteiger partial charge in [0, 0.05) is 36.5 Å². The summed E-state index contributed by atoms with van der Waals surface area (Å²) in [4.78, 5) is 48.4. The predicted octanol–water partition coefficient (Wildman–Crippen LogP) is 4.37. The number of nitrogens with zero attached hydrogens (tertiary/aromatic N) is 6. The van der Waals surface area contributed by atoms with E-state index in [0.29, 0.717) is 29.4 Å². The van der Waals surface area contributed by atoms with Crippen LogP contribution in [0.2, 0.25) is 0 Å². The Morgan fingerprint density at radius 3 is 2.67 bits per heavy atom. The largest absolute Gasteiger partial charge is 0.347 e. The summed E-state index contributed by atoms with van der Waals surface area (Å²) in [6.07, 6.45) is 3.74. The van der Waals surface area contributed by atoms with Crippen LogP contribution in [-0.2, 0) is 4.79 Å². The fourth-order valence-electron chi connectivity index (χ4n) is 7.11. The van der Waals surface area contributed by atoms with Crippen molar-refractivity contribution in [2.24, 2.45) is 5.41 Å². The third kappa shape index (κ3) is 3.07. The molecule has 8 rings (SSSR count). The maximum atomic E-state index is 13.9. The molecule has 2 amide bonds. The number of fused-ring (bicyclic) bond motifs is 1. The molecule has 0 aromatic carbocycles. The van der Waals surface area contributed by atoms with Crippen LogP contribution in [0, 0.1) is 25.1 Å². The predicted molar refractivity (Wildman–Crippen MR) is 150 cm³/mol. The lowest BCUT2D eigenvalue weighted by Crippen LogP contribution is -2.60. The second-order valence-corrected chi connectivity index (χ2v) is 13.0. The number of hydrogen-bond donors (Lipinski definition) is 2. The molecule has 2 aliphatic carbocycles. The van der Waals surface area contributed by atoms with Gasteiger partial charge in [-0.3, -0.25) is 9.59 Å². The van der Waals surface area contributed by atoms with E-state index in [4.69, 9.17) is 0 Å². The SMILES string of the molecule is CC(=O)Nc1cc(F)cnc1N1CC23CC24C1[C@@H]4N3C(=O)c1ccc(Nc2nc(-c3sc(C)nc3C)cs2)nc1. The summed E-state index contributed by atoms with van der Waals surface area (Å²) in [5, 5.41) is 9.66. The average Bonchev–Trinajstić information content (AvgIpc) is 3.35. The molecule has 4 aromatic rings. The van der Waals surface area contributed by atoms with E-state index in [1.165, 1.54) is 30.5 Å². The number of carbonyl (C=O) groups excluding carboxylic acids is 2. The van der Waals surface area contributed by atoms with Gasteiger partial charge in [0.2, 0.25) is 5.91 Å². The van der Waals surface area contributed by atoms with Gasteiger partial charge in [0.25, 0.3) is 5.91 Å². The minimum Gasteiger partial charge on any atom is -0.347 e. The molecule has 10 nitrogen and oxygen atoms in total. The highest BCUT2D eigenvalue weighted by atomic mass is 32.1. The third-order valence-corrected chi connectivity index (χ3v) is 10.5. The molecule has 0 radical (unpaired) electrons. The molecule has 4 atom stereocenters. The van der Waals surface area contributed by atoms with E-state index in [1.807, 2.05) is 24.1 Å². The molecule has 4 aromatic heterocycles. The summed E-state index contributed by atoms with van der Waals surface area (Å²) in [6, 6.07) is 5.11. The smallest absolute Gasteiger partial charge is 0.256 e. The van der Waals surface area contributed by atoms with Crippen LogP contribution >= 0.6 is 22.7 Å². The quantitative estimate of drug-likeness (QED) is 0.349. The summed E-state index contributed by atoms with van der Waals surface area (Å²) in [5.74, 6) is 0.359. The highest BCUT2D eigenvalue weighted by Gasteiger charge is 3.04. The lowest BCUT2D eigenvalue weighted by atomic mass is 10.0. The Morgan fingerprint density at radius 2 is 2.00 bits per heavy atom. The van der Waals surface area contributed by atoms with Gasteiger partial charge in [-0.1, -0.05) is 0 Å². The molecule has 3 unspecified atom stereocenters. The second kappa shape index (κ2) is 7.82. The van der Waals surface area contributed by atoms with Crippen molar-refractivity contribution in [3.8, 4) is 10.6 Å². The van der Waals surface area contributed by atoms with Crippen molar-refractivity contribution in [3.05, 3.63) is 58.1 Å². The molecule has 1 spiro atoms. The number of anilines is 4. The lowest BCUT2D eigenvalue weighted by molar-refractivity contribution is -0.114. The molecule has 6 heterocycles. The first-order chi connectivity index (χ1) is 19.2. The van der Waals surface area contributed by atoms with Gasteiger partial charge in [-0.2, -0.15) is 0 Å². The summed E-state index contributed by atoms with van der Waals surface area (Å²) >= 11 is 3.12.